The topological polar surface area (TPSA) is 42.0 Å². The van der Waals surface area contributed by atoms with Crippen molar-refractivity contribution in [3.63, 3.8) is 0 Å². The molecule has 20 heavy (non-hydrogen) atoms. The highest BCUT2D eigenvalue weighted by atomic mass is 32.1. The Bertz CT molecular complexity index is 565. The predicted octanol–water partition coefficient (Wildman–Crippen LogP) is 4.70. The molecule has 1 amide bonds. The van der Waals surface area contributed by atoms with E-state index in [1.54, 1.807) is 0 Å². The lowest BCUT2D eigenvalue weighted by Gasteiger charge is -2.22. The Balaban J connectivity index is 1.94. The van der Waals surface area contributed by atoms with Gasteiger partial charge >= 0.3 is 0 Å². The monoisotopic (exact) mass is 290 g/mol. The molecule has 4 heteroatoms. The van der Waals surface area contributed by atoms with Crippen LogP contribution in [0.5, 0.6) is 0 Å². The molecule has 1 aromatic carbocycles. The number of para-hydroxylation sites is 1. The Morgan fingerprint density at radius 2 is 2.05 bits per heavy atom. The highest BCUT2D eigenvalue weighted by molar-refractivity contribution is 7.22. The van der Waals surface area contributed by atoms with Crippen LogP contribution in [0.15, 0.2) is 24.3 Å². The Kier molecular flexibility index (Phi) is 4.43. The van der Waals surface area contributed by atoms with E-state index in [2.05, 4.69) is 38.0 Å². The standard InChI is InChI=1S/C16H22N2OS/c1-11(10-16(2,3)4)9-14(19)18-15-17-12-7-5-6-8-13(12)20-15/h5-8,11H,9-10H2,1-4H3,(H,17,18,19). The van der Waals surface area contributed by atoms with E-state index in [4.69, 9.17) is 0 Å². The van der Waals surface area contributed by atoms with E-state index >= 15 is 0 Å². The summed E-state index contributed by atoms with van der Waals surface area (Å²) in [7, 11) is 0. The van der Waals surface area contributed by atoms with Crippen LogP contribution in [-0.2, 0) is 4.79 Å². The summed E-state index contributed by atoms with van der Waals surface area (Å²) < 4.78 is 1.10. The van der Waals surface area contributed by atoms with Crippen molar-refractivity contribution in [2.75, 3.05) is 5.32 Å². The number of anilines is 1. The van der Waals surface area contributed by atoms with Crippen molar-refractivity contribution in [3.05, 3.63) is 24.3 Å². The van der Waals surface area contributed by atoms with Crippen LogP contribution in [0.4, 0.5) is 5.13 Å². The van der Waals surface area contributed by atoms with Gasteiger partial charge < -0.3 is 5.32 Å². The highest BCUT2D eigenvalue weighted by Gasteiger charge is 2.18. The van der Waals surface area contributed by atoms with Crippen LogP contribution in [0.3, 0.4) is 0 Å². The molecule has 0 aliphatic heterocycles. The van der Waals surface area contributed by atoms with Crippen LogP contribution in [0, 0.1) is 11.3 Å². The quantitative estimate of drug-likeness (QED) is 0.887. The second kappa shape index (κ2) is 5.92. The van der Waals surface area contributed by atoms with Gasteiger partial charge in [-0.3, -0.25) is 4.79 Å². The molecule has 0 saturated heterocycles. The van der Waals surface area contributed by atoms with Gasteiger partial charge in [0.2, 0.25) is 5.91 Å². The van der Waals surface area contributed by atoms with Crippen molar-refractivity contribution < 1.29 is 4.79 Å². The summed E-state index contributed by atoms with van der Waals surface area (Å²) in [6.45, 7) is 8.74. The van der Waals surface area contributed by atoms with Gasteiger partial charge in [-0.2, -0.15) is 0 Å². The Hall–Kier alpha value is -1.42. The normalized spacial score (nSPS) is 13.4. The molecule has 0 fully saturated rings. The molecular formula is C16H22N2OS. The van der Waals surface area contributed by atoms with Gasteiger partial charge in [-0.05, 0) is 29.9 Å². The average Bonchev–Trinajstić information content (AvgIpc) is 2.67. The summed E-state index contributed by atoms with van der Waals surface area (Å²) in [6, 6.07) is 7.92. The van der Waals surface area contributed by atoms with Crippen molar-refractivity contribution in [2.24, 2.45) is 11.3 Å². The lowest BCUT2D eigenvalue weighted by molar-refractivity contribution is -0.117. The Labute approximate surface area is 124 Å². The summed E-state index contributed by atoms with van der Waals surface area (Å²) >= 11 is 1.52. The predicted molar refractivity (Wildman–Crippen MR) is 86.1 cm³/mol. The van der Waals surface area contributed by atoms with Gasteiger partial charge in [0.05, 0.1) is 10.2 Å². The van der Waals surface area contributed by atoms with Crippen LogP contribution < -0.4 is 5.32 Å². The first-order chi connectivity index (χ1) is 9.33. The molecule has 108 valence electrons. The lowest BCUT2D eigenvalue weighted by Crippen LogP contribution is -2.18. The number of carbonyl (C=O) groups excluding carboxylic acids is 1. The van der Waals surface area contributed by atoms with E-state index in [9.17, 15) is 4.79 Å². The van der Waals surface area contributed by atoms with Gasteiger partial charge in [-0.1, -0.05) is 51.2 Å². The highest BCUT2D eigenvalue weighted by Crippen LogP contribution is 2.28. The molecule has 1 unspecified atom stereocenters. The average molecular weight is 290 g/mol. The SMILES string of the molecule is CC(CC(=O)Nc1nc2ccccc2s1)CC(C)(C)C. The summed E-state index contributed by atoms with van der Waals surface area (Å²) in [5.74, 6) is 0.435. The molecule has 1 atom stereocenters. The fourth-order valence-electron chi connectivity index (χ4n) is 2.53. The van der Waals surface area contributed by atoms with E-state index in [0.29, 0.717) is 17.5 Å². The number of thiazole rings is 1. The maximum absolute atomic E-state index is 12.0. The summed E-state index contributed by atoms with van der Waals surface area (Å²) in [5.41, 5.74) is 1.20. The number of fused-ring (bicyclic) bond motifs is 1. The Morgan fingerprint density at radius 3 is 2.70 bits per heavy atom. The van der Waals surface area contributed by atoms with Gasteiger partial charge in [0.25, 0.3) is 0 Å². The van der Waals surface area contributed by atoms with Crippen molar-refractivity contribution >= 4 is 32.6 Å². The van der Waals surface area contributed by atoms with Crippen LogP contribution in [0.2, 0.25) is 0 Å². The molecule has 0 saturated carbocycles. The molecule has 1 N–H and O–H groups in total. The third-order valence-electron chi connectivity index (χ3n) is 3.03. The molecule has 0 aliphatic carbocycles. The molecule has 1 heterocycles. The first-order valence-corrected chi connectivity index (χ1v) is 7.80. The van der Waals surface area contributed by atoms with E-state index in [1.807, 2.05) is 24.3 Å². The number of rotatable bonds is 4. The lowest BCUT2D eigenvalue weighted by atomic mass is 9.84. The molecule has 1 aromatic heterocycles. The van der Waals surface area contributed by atoms with Gasteiger partial charge in [0.1, 0.15) is 0 Å². The van der Waals surface area contributed by atoms with E-state index in [1.165, 1.54) is 11.3 Å². The van der Waals surface area contributed by atoms with E-state index < -0.39 is 0 Å². The van der Waals surface area contributed by atoms with Crippen LogP contribution >= 0.6 is 11.3 Å². The second-order valence-corrected chi connectivity index (χ2v) is 7.64. The van der Waals surface area contributed by atoms with Crippen molar-refractivity contribution in [3.8, 4) is 0 Å². The summed E-state index contributed by atoms with van der Waals surface area (Å²) in [5, 5.41) is 3.61. The summed E-state index contributed by atoms with van der Waals surface area (Å²) in [4.78, 5) is 16.5. The third-order valence-corrected chi connectivity index (χ3v) is 3.99. The number of aromatic nitrogens is 1. The molecule has 2 rings (SSSR count). The van der Waals surface area contributed by atoms with Crippen LogP contribution in [0.1, 0.15) is 40.5 Å². The minimum absolute atomic E-state index is 0.0563. The first kappa shape index (κ1) is 15.0. The number of carbonyl (C=O) groups is 1. The maximum atomic E-state index is 12.0. The molecular weight excluding hydrogens is 268 g/mol. The molecule has 0 aliphatic rings. The third kappa shape index (κ3) is 4.30. The van der Waals surface area contributed by atoms with Crippen molar-refractivity contribution in [1.29, 1.82) is 0 Å². The van der Waals surface area contributed by atoms with Crippen LogP contribution in [0.25, 0.3) is 10.2 Å². The number of hydrogen-bond donors (Lipinski definition) is 1. The van der Waals surface area contributed by atoms with Gasteiger partial charge in [-0.15, -0.1) is 0 Å². The number of nitrogens with one attached hydrogen (secondary N) is 1. The molecule has 0 radical (unpaired) electrons. The summed E-state index contributed by atoms with van der Waals surface area (Å²) in [6.07, 6.45) is 1.59. The smallest absolute Gasteiger partial charge is 0.226 e. The van der Waals surface area contributed by atoms with Gasteiger partial charge in [-0.25, -0.2) is 4.98 Å². The van der Waals surface area contributed by atoms with Crippen molar-refractivity contribution in [2.45, 2.75) is 40.5 Å². The fourth-order valence-corrected chi connectivity index (χ4v) is 3.41. The minimum Gasteiger partial charge on any atom is -0.302 e. The van der Waals surface area contributed by atoms with Crippen LogP contribution in [-0.4, -0.2) is 10.9 Å². The number of amides is 1. The zero-order chi connectivity index (χ0) is 14.8. The maximum Gasteiger partial charge on any atom is 0.226 e. The van der Waals surface area contributed by atoms with Crippen molar-refractivity contribution in [1.82, 2.24) is 4.98 Å². The number of nitrogens with zero attached hydrogens (tertiary/aromatic N) is 1. The minimum atomic E-state index is 0.0563. The molecule has 0 spiro atoms. The number of benzene rings is 1. The molecule has 2 aromatic rings. The fraction of sp³-hybridized carbons (Fsp3) is 0.500. The van der Waals surface area contributed by atoms with Gasteiger partial charge in [0.15, 0.2) is 5.13 Å². The largest absolute Gasteiger partial charge is 0.302 e. The first-order valence-electron chi connectivity index (χ1n) is 6.99. The Morgan fingerprint density at radius 1 is 1.35 bits per heavy atom. The van der Waals surface area contributed by atoms with E-state index in [0.717, 1.165) is 16.6 Å². The second-order valence-electron chi connectivity index (χ2n) is 6.61. The molecule has 0 bridgehead atoms. The molecule has 3 nitrogen and oxygen atoms in total. The zero-order valence-corrected chi connectivity index (χ0v) is 13.4. The number of hydrogen-bond acceptors (Lipinski definition) is 3. The van der Waals surface area contributed by atoms with Gasteiger partial charge in [0, 0.05) is 6.42 Å². The zero-order valence-electron chi connectivity index (χ0n) is 12.6. The van der Waals surface area contributed by atoms with E-state index in [-0.39, 0.29) is 11.3 Å².